The van der Waals surface area contributed by atoms with Crippen molar-refractivity contribution in [2.45, 2.75) is 5.44 Å². The summed E-state index contributed by atoms with van der Waals surface area (Å²) in [5.74, 6) is 1.83. The summed E-state index contributed by atoms with van der Waals surface area (Å²) in [6.07, 6.45) is 3.61. The van der Waals surface area contributed by atoms with Crippen LogP contribution in [0.4, 0.5) is 0 Å². The number of hydrogen-bond acceptors (Lipinski definition) is 2. The maximum absolute atomic E-state index is 8.73. The number of hydrogen-bond donors (Lipinski definition) is 1. The molecule has 0 aliphatic heterocycles. The zero-order chi connectivity index (χ0) is 5.70. The molecule has 0 aromatic rings. The lowest BCUT2D eigenvalue weighted by atomic mass is 10.1. The van der Waals surface area contributed by atoms with E-state index in [1.165, 1.54) is 11.8 Å². The van der Waals surface area contributed by atoms with Crippen LogP contribution in [0.2, 0.25) is 0 Å². The zero-order valence-electron chi connectivity index (χ0n) is 4.59. The minimum atomic E-state index is -0.315. The van der Waals surface area contributed by atoms with Crippen LogP contribution in [-0.2, 0) is 0 Å². The fourth-order valence-corrected chi connectivity index (χ4v) is 0.557. The molecule has 0 aromatic heterocycles. The minimum absolute atomic E-state index is 0.315. The Morgan fingerprint density at radius 1 is 1.86 bits per heavy atom. The molecule has 0 aliphatic carbocycles. The third-order valence-electron chi connectivity index (χ3n) is 0.599. The van der Waals surface area contributed by atoms with Gasteiger partial charge in [0.15, 0.2) is 0 Å². The van der Waals surface area contributed by atoms with Gasteiger partial charge in [-0.15, -0.1) is 17.7 Å². The van der Waals surface area contributed by atoms with Crippen LogP contribution in [0.5, 0.6) is 0 Å². The topological polar surface area (TPSA) is 20.2 Å². The third kappa shape index (κ3) is 3.96. The van der Waals surface area contributed by atoms with Crippen molar-refractivity contribution in [3.8, 4) is 0 Å². The second-order valence-electron chi connectivity index (χ2n) is 1.15. The predicted molar refractivity (Wildman–Crippen MR) is 37.2 cm³/mol. The summed E-state index contributed by atoms with van der Waals surface area (Å²) in [4.78, 5) is 0. The standard InChI is InChI=1S/C4H9BOS/c1-7-4(6)2-3-5/h2-4,6H,5H2,1H3. The maximum atomic E-state index is 8.73. The van der Waals surface area contributed by atoms with Crippen molar-refractivity contribution in [2.24, 2.45) is 0 Å². The molecule has 3 heteroatoms. The molecule has 1 atom stereocenters. The molecule has 1 N–H and O–H groups in total. The fourth-order valence-electron chi connectivity index (χ4n) is 0.243. The molecule has 0 saturated carbocycles. The fraction of sp³-hybridized carbons (Fsp3) is 0.500. The summed E-state index contributed by atoms with van der Waals surface area (Å²) in [5, 5.41) is 8.73. The second-order valence-corrected chi connectivity index (χ2v) is 2.11. The lowest BCUT2D eigenvalue weighted by Gasteiger charge is -1.95. The lowest BCUT2D eigenvalue weighted by molar-refractivity contribution is 0.310. The van der Waals surface area contributed by atoms with Gasteiger partial charge >= 0.3 is 0 Å². The predicted octanol–water partition coefficient (Wildman–Crippen LogP) is -0.185. The Bertz CT molecular complexity index is 64.7. The molecule has 0 radical (unpaired) electrons. The van der Waals surface area contributed by atoms with Crippen LogP contribution >= 0.6 is 11.8 Å². The van der Waals surface area contributed by atoms with Crippen LogP contribution < -0.4 is 0 Å². The Labute approximate surface area is 49.2 Å². The smallest absolute Gasteiger partial charge is 0.129 e. The van der Waals surface area contributed by atoms with E-state index in [1.807, 2.05) is 20.1 Å². The Kier molecular flexibility index (Phi) is 4.35. The van der Waals surface area contributed by atoms with Crippen molar-refractivity contribution in [1.29, 1.82) is 0 Å². The Hall–Kier alpha value is 0.115. The molecular weight excluding hydrogens is 107 g/mol. The van der Waals surface area contributed by atoms with E-state index in [-0.39, 0.29) is 5.44 Å². The molecule has 0 aromatic carbocycles. The molecule has 1 nitrogen and oxygen atoms in total. The number of aliphatic hydroxyl groups is 1. The van der Waals surface area contributed by atoms with Crippen molar-refractivity contribution in [1.82, 2.24) is 0 Å². The van der Waals surface area contributed by atoms with E-state index in [2.05, 4.69) is 0 Å². The number of aliphatic hydroxyl groups excluding tert-OH is 1. The first-order valence-electron chi connectivity index (χ1n) is 2.15. The zero-order valence-corrected chi connectivity index (χ0v) is 5.40. The second kappa shape index (κ2) is 4.28. The molecule has 0 saturated heterocycles. The van der Waals surface area contributed by atoms with Crippen molar-refractivity contribution < 1.29 is 5.11 Å². The molecule has 0 fully saturated rings. The van der Waals surface area contributed by atoms with Crippen LogP contribution in [0.15, 0.2) is 12.1 Å². The van der Waals surface area contributed by atoms with Crippen LogP contribution in [0.3, 0.4) is 0 Å². The molecule has 0 spiro atoms. The van der Waals surface area contributed by atoms with Crippen LogP contribution in [-0.4, -0.2) is 24.6 Å². The van der Waals surface area contributed by atoms with E-state index < -0.39 is 0 Å². The number of thioether (sulfide) groups is 1. The van der Waals surface area contributed by atoms with Crippen molar-refractivity contribution in [2.75, 3.05) is 6.26 Å². The summed E-state index contributed by atoms with van der Waals surface area (Å²) in [7, 11) is 1.89. The van der Waals surface area contributed by atoms with Gasteiger partial charge in [-0.1, -0.05) is 6.08 Å². The van der Waals surface area contributed by atoms with Gasteiger partial charge in [0.1, 0.15) is 13.3 Å². The highest BCUT2D eigenvalue weighted by atomic mass is 32.2. The van der Waals surface area contributed by atoms with Gasteiger partial charge in [-0.05, 0) is 6.26 Å². The Morgan fingerprint density at radius 3 is 2.57 bits per heavy atom. The largest absolute Gasteiger partial charge is 0.379 e. The van der Waals surface area contributed by atoms with Gasteiger partial charge in [0.05, 0.1) is 0 Å². The van der Waals surface area contributed by atoms with Crippen LogP contribution in [0.25, 0.3) is 0 Å². The molecule has 0 heterocycles. The van der Waals surface area contributed by atoms with Gasteiger partial charge < -0.3 is 5.11 Å². The number of rotatable bonds is 2. The first-order valence-corrected chi connectivity index (χ1v) is 3.43. The Balaban J connectivity index is 3.16. The van der Waals surface area contributed by atoms with E-state index in [9.17, 15) is 0 Å². The average molecular weight is 116 g/mol. The molecule has 1 unspecified atom stereocenters. The first-order chi connectivity index (χ1) is 3.31. The summed E-state index contributed by atoms with van der Waals surface area (Å²) < 4.78 is 0. The van der Waals surface area contributed by atoms with E-state index in [4.69, 9.17) is 5.11 Å². The summed E-state index contributed by atoms with van der Waals surface area (Å²) in [6.45, 7) is 0. The normalized spacial score (nSPS) is 15.1. The quantitative estimate of drug-likeness (QED) is 0.398. The minimum Gasteiger partial charge on any atom is -0.379 e. The van der Waals surface area contributed by atoms with Gasteiger partial charge in [-0.25, -0.2) is 0 Å². The summed E-state index contributed by atoms with van der Waals surface area (Å²) in [5.41, 5.74) is -0.315. The lowest BCUT2D eigenvalue weighted by Crippen LogP contribution is -1.91. The SMILES string of the molecule is BC=CC(O)SC. The molecule has 7 heavy (non-hydrogen) atoms. The highest BCUT2D eigenvalue weighted by Gasteiger charge is 1.88. The Morgan fingerprint density at radius 2 is 2.43 bits per heavy atom. The average Bonchev–Trinajstić information content (AvgIpc) is 1.68. The summed E-state index contributed by atoms with van der Waals surface area (Å²) >= 11 is 1.42. The summed E-state index contributed by atoms with van der Waals surface area (Å²) in [6, 6.07) is 0. The van der Waals surface area contributed by atoms with Gasteiger partial charge in [0.25, 0.3) is 0 Å². The molecule has 0 rings (SSSR count). The van der Waals surface area contributed by atoms with Gasteiger partial charge in [-0.3, -0.25) is 0 Å². The van der Waals surface area contributed by atoms with Crippen LogP contribution in [0.1, 0.15) is 0 Å². The third-order valence-corrected chi connectivity index (χ3v) is 1.24. The van der Waals surface area contributed by atoms with Crippen LogP contribution in [0, 0.1) is 0 Å². The molecular formula is C4H9BOS. The molecule has 0 aliphatic rings. The maximum Gasteiger partial charge on any atom is 0.129 e. The monoisotopic (exact) mass is 116 g/mol. The van der Waals surface area contributed by atoms with E-state index in [0.29, 0.717) is 0 Å². The van der Waals surface area contributed by atoms with E-state index in [1.54, 1.807) is 6.08 Å². The first kappa shape index (κ1) is 7.11. The van der Waals surface area contributed by atoms with Crippen molar-refractivity contribution >= 4 is 19.6 Å². The van der Waals surface area contributed by atoms with Gasteiger partial charge in [-0.2, -0.15) is 0 Å². The van der Waals surface area contributed by atoms with Gasteiger partial charge in [0.2, 0.25) is 0 Å². The van der Waals surface area contributed by atoms with Gasteiger partial charge in [0, 0.05) is 0 Å². The van der Waals surface area contributed by atoms with Crippen molar-refractivity contribution in [3.05, 3.63) is 12.1 Å². The molecule has 0 bridgehead atoms. The van der Waals surface area contributed by atoms with E-state index >= 15 is 0 Å². The van der Waals surface area contributed by atoms with Crippen molar-refractivity contribution in [3.63, 3.8) is 0 Å². The highest BCUT2D eigenvalue weighted by molar-refractivity contribution is 7.99. The molecule has 40 valence electrons. The highest BCUT2D eigenvalue weighted by Crippen LogP contribution is 2.01. The molecule has 0 amide bonds. The van der Waals surface area contributed by atoms with E-state index in [0.717, 1.165) is 0 Å².